The van der Waals surface area contributed by atoms with E-state index in [1.165, 1.54) is 25.6 Å². The summed E-state index contributed by atoms with van der Waals surface area (Å²) in [7, 11) is 2.62. The van der Waals surface area contributed by atoms with Gasteiger partial charge < -0.3 is 9.47 Å². The summed E-state index contributed by atoms with van der Waals surface area (Å²) in [6, 6.07) is 15.2. The topological polar surface area (TPSA) is 114 Å². The Morgan fingerprint density at radius 3 is 2.13 bits per heavy atom. The van der Waals surface area contributed by atoms with Gasteiger partial charge in [-0.05, 0) is 11.1 Å². The molecule has 0 fully saturated rings. The summed E-state index contributed by atoms with van der Waals surface area (Å²) in [6.07, 6.45) is 0.117. The van der Waals surface area contributed by atoms with Gasteiger partial charge in [-0.2, -0.15) is 0 Å². The molecule has 1 heterocycles. The third-order valence-corrected chi connectivity index (χ3v) is 5.32. The molecule has 2 N–H and O–H groups in total. The number of amides is 1. The van der Waals surface area contributed by atoms with Crippen LogP contribution in [0.3, 0.4) is 0 Å². The van der Waals surface area contributed by atoms with E-state index in [-0.39, 0.29) is 18.2 Å². The molecule has 2 aromatic carbocycles. The molecular formula is C21H20N4O4S. The van der Waals surface area contributed by atoms with Crippen LogP contribution in [0.5, 0.6) is 0 Å². The number of alkyl carbamates (subject to hydrolysis) is 1. The quantitative estimate of drug-likeness (QED) is 0.355. The Labute approximate surface area is 177 Å². The van der Waals surface area contributed by atoms with Crippen molar-refractivity contribution in [2.24, 2.45) is 0 Å². The third-order valence-electron chi connectivity index (χ3n) is 4.29. The molecule has 0 spiro atoms. The van der Waals surface area contributed by atoms with Crippen molar-refractivity contribution in [2.45, 2.75) is 12.8 Å². The van der Waals surface area contributed by atoms with Gasteiger partial charge in [-0.3, -0.25) is 15.5 Å². The summed E-state index contributed by atoms with van der Waals surface area (Å²) in [4.78, 5) is 22.5. The highest BCUT2D eigenvalue weighted by molar-refractivity contribution is 7.14. The van der Waals surface area contributed by atoms with Crippen LogP contribution in [0.1, 0.15) is 17.0 Å². The first-order valence-electron chi connectivity index (χ1n) is 9.04. The van der Waals surface area contributed by atoms with E-state index < -0.39 is 6.09 Å². The summed E-state index contributed by atoms with van der Waals surface area (Å²) in [5.41, 5.74) is 3.51. The number of rotatable bonds is 6. The van der Waals surface area contributed by atoms with Crippen molar-refractivity contribution in [1.82, 2.24) is 15.5 Å². The summed E-state index contributed by atoms with van der Waals surface area (Å²) in [5, 5.41) is 20.1. The highest BCUT2D eigenvalue weighted by Gasteiger charge is 2.10. The molecule has 0 aliphatic rings. The predicted octanol–water partition coefficient (Wildman–Crippen LogP) is 3.66. The average molecular weight is 424 g/mol. The second-order valence-electron chi connectivity index (χ2n) is 6.22. The second-order valence-corrected chi connectivity index (χ2v) is 7.29. The Bertz CT molecular complexity index is 1050. The van der Waals surface area contributed by atoms with Crippen molar-refractivity contribution in [3.8, 4) is 21.7 Å². The summed E-state index contributed by atoms with van der Waals surface area (Å²) in [6.45, 7) is 0. The van der Waals surface area contributed by atoms with E-state index in [9.17, 15) is 9.59 Å². The first kappa shape index (κ1) is 21.1. The Morgan fingerprint density at radius 1 is 0.933 bits per heavy atom. The number of amidine groups is 1. The van der Waals surface area contributed by atoms with Crippen LogP contribution in [0.15, 0.2) is 48.5 Å². The molecule has 154 valence electrons. The molecule has 30 heavy (non-hydrogen) atoms. The molecule has 0 unspecified atom stereocenters. The molecular weight excluding hydrogens is 404 g/mol. The Morgan fingerprint density at radius 2 is 1.53 bits per heavy atom. The molecule has 1 aromatic heterocycles. The number of esters is 1. The number of hydrogen-bond donors (Lipinski definition) is 2. The van der Waals surface area contributed by atoms with Gasteiger partial charge in [0.2, 0.25) is 0 Å². The van der Waals surface area contributed by atoms with E-state index >= 15 is 0 Å². The summed E-state index contributed by atoms with van der Waals surface area (Å²) in [5.74, 6) is -0.290. The number of nitrogens with one attached hydrogen (secondary N) is 2. The van der Waals surface area contributed by atoms with Crippen LogP contribution in [0.25, 0.3) is 21.7 Å². The van der Waals surface area contributed by atoms with E-state index in [1.807, 2.05) is 36.4 Å². The number of benzene rings is 2. The fraction of sp³-hybridized carbons (Fsp3) is 0.190. The van der Waals surface area contributed by atoms with Crippen LogP contribution in [0.2, 0.25) is 0 Å². The second kappa shape index (κ2) is 9.75. The molecule has 1 amide bonds. The Kier molecular flexibility index (Phi) is 6.87. The zero-order valence-corrected chi connectivity index (χ0v) is 17.3. The van der Waals surface area contributed by atoms with Gasteiger partial charge in [-0.25, -0.2) is 4.79 Å². The van der Waals surface area contributed by atoms with Crippen molar-refractivity contribution < 1.29 is 19.1 Å². The highest BCUT2D eigenvalue weighted by Crippen LogP contribution is 2.27. The van der Waals surface area contributed by atoms with E-state index in [0.29, 0.717) is 12.0 Å². The molecule has 0 aliphatic carbocycles. The maximum atomic E-state index is 11.3. The molecule has 3 aromatic rings. The number of ether oxygens (including phenoxy) is 2. The van der Waals surface area contributed by atoms with Crippen molar-refractivity contribution >= 4 is 29.2 Å². The number of aromatic nitrogens is 2. The number of carbonyl (C=O) groups is 2. The molecule has 0 saturated heterocycles. The van der Waals surface area contributed by atoms with Gasteiger partial charge in [0.15, 0.2) is 0 Å². The molecule has 0 radical (unpaired) electrons. The average Bonchev–Trinajstić information content (AvgIpc) is 3.26. The van der Waals surface area contributed by atoms with E-state index in [2.05, 4.69) is 25.0 Å². The number of carbonyl (C=O) groups excluding carboxylic acids is 2. The van der Waals surface area contributed by atoms with E-state index in [0.717, 1.165) is 26.7 Å². The monoisotopic (exact) mass is 424 g/mol. The number of methoxy groups -OCH3 is 2. The smallest absolute Gasteiger partial charge is 0.412 e. The fourth-order valence-corrected chi connectivity index (χ4v) is 3.49. The first-order chi connectivity index (χ1) is 14.5. The Balaban J connectivity index is 1.67. The zero-order valence-electron chi connectivity index (χ0n) is 16.5. The van der Waals surface area contributed by atoms with E-state index in [1.54, 1.807) is 12.1 Å². The van der Waals surface area contributed by atoms with Crippen molar-refractivity contribution in [2.75, 3.05) is 14.2 Å². The van der Waals surface area contributed by atoms with Crippen molar-refractivity contribution in [3.63, 3.8) is 0 Å². The van der Waals surface area contributed by atoms with Crippen LogP contribution in [0, 0.1) is 5.41 Å². The molecule has 9 heteroatoms. The minimum atomic E-state index is -0.676. The van der Waals surface area contributed by atoms with Gasteiger partial charge in [0.05, 0.1) is 20.6 Å². The minimum Gasteiger partial charge on any atom is -0.469 e. The summed E-state index contributed by atoms with van der Waals surface area (Å²) >= 11 is 1.45. The third kappa shape index (κ3) is 5.26. The minimum absolute atomic E-state index is 0.0250. The molecule has 8 nitrogen and oxygen atoms in total. The van der Waals surface area contributed by atoms with Gasteiger partial charge in [-0.1, -0.05) is 59.9 Å². The van der Waals surface area contributed by atoms with Gasteiger partial charge in [0.1, 0.15) is 15.9 Å². The SMILES string of the molecule is COC(=O)CCc1nnc(-c2ccc(-c3ccc(C(=N)NC(=O)OC)cc3)cc2)s1. The number of hydrogen-bond acceptors (Lipinski definition) is 8. The lowest BCUT2D eigenvalue weighted by atomic mass is 10.0. The van der Waals surface area contributed by atoms with Gasteiger partial charge in [0, 0.05) is 17.5 Å². The van der Waals surface area contributed by atoms with Crippen LogP contribution < -0.4 is 5.32 Å². The van der Waals surface area contributed by atoms with Crippen LogP contribution >= 0.6 is 11.3 Å². The van der Waals surface area contributed by atoms with Crippen LogP contribution in [-0.2, 0) is 20.7 Å². The fourth-order valence-electron chi connectivity index (χ4n) is 2.64. The molecule has 3 rings (SSSR count). The number of nitrogens with zero attached hydrogens (tertiary/aromatic N) is 2. The molecule has 0 saturated carbocycles. The first-order valence-corrected chi connectivity index (χ1v) is 9.85. The maximum absolute atomic E-state index is 11.3. The molecule has 0 atom stereocenters. The highest BCUT2D eigenvalue weighted by atomic mass is 32.1. The van der Waals surface area contributed by atoms with Crippen LogP contribution in [0.4, 0.5) is 4.79 Å². The van der Waals surface area contributed by atoms with E-state index in [4.69, 9.17) is 5.41 Å². The van der Waals surface area contributed by atoms with Crippen molar-refractivity contribution in [1.29, 1.82) is 5.41 Å². The molecule has 0 bridgehead atoms. The zero-order chi connectivity index (χ0) is 21.5. The number of aryl methyl sites for hydroxylation is 1. The molecule has 0 aliphatic heterocycles. The lowest BCUT2D eigenvalue weighted by molar-refractivity contribution is -0.140. The standard InChI is InChI=1S/C21H20N4O4S/c1-28-18(26)12-11-17-24-25-20(30-17)16-9-5-14(6-10-16)13-3-7-15(8-4-13)19(22)23-21(27)29-2/h3-10H,11-12H2,1-2H3,(H2,22,23,27). The summed E-state index contributed by atoms with van der Waals surface area (Å²) < 4.78 is 9.14. The maximum Gasteiger partial charge on any atom is 0.412 e. The van der Waals surface area contributed by atoms with Crippen molar-refractivity contribution in [3.05, 3.63) is 59.1 Å². The normalized spacial score (nSPS) is 10.3. The lowest BCUT2D eigenvalue weighted by Gasteiger charge is -2.07. The van der Waals surface area contributed by atoms with Gasteiger partial charge >= 0.3 is 12.1 Å². The lowest BCUT2D eigenvalue weighted by Crippen LogP contribution is -2.30. The van der Waals surface area contributed by atoms with Crippen LogP contribution in [-0.4, -0.2) is 42.3 Å². The van der Waals surface area contributed by atoms with Gasteiger partial charge in [0.25, 0.3) is 0 Å². The largest absolute Gasteiger partial charge is 0.469 e. The van der Waals surface area contributed by atoms with Gasteiger partial charge in [-0.15, -0.1) is 10.2 Å². The Hall–Kier alpha value is -3.59. The predicted molar refractivity (Wildman–Crippen MR) is 113 cm³/mol.